The van der Waals surface area contributed by atoms with Crippen LogP contribution in [0, 0.1) is 0 Å². The Morgan fingerprint density at radius 2 is 1.85 bits per heavy atom. The molecule has 1 aliphatic heterocycles. The van der Waals surface area contributed by atoms with Gasteiger partial charge in [0.05, 0.1) is 13.5 Å². The summed E-state index contributed by atoms with van der Waals surface area (Å²) in [7, 11) is 1.66. The molecule has 6 heteroatoms. The van der Waals surface area contributed by atoms with Crippen molar-refractivity contribution in [2.45, 2.75) is 25.8 Å². The number of ether oxygens (including phenoxy) is 1. The quantitative estimate of drug-likeness (QED) is 0.560. The molecule has 1 atom stereocenters. The summed E-state index contributed by atoms with van der Waals surface area (Å²) in [6.45, 7) is 3.72. The van der Waals surface area contributed by atoms with E-state index in [1.54, 1.807) is 18.2 Å². The Hall–Kier alpha value is -3.67. The molecule has 4 rings (SSSR count). The van der Waals surface area contributed by atoms with Crippen molar-refractivity contribution in [2.75, 3.05) is 26.7 Å². The molecule has 6 nitrogen and oxygen atoms in total. The largest absolute Gasteiger partial charge is 0.497 e. The maximum absolute atomic E-state index is 13.2. The molecule has 1 fully saturated rings. The summed E-state index contributed by atoms with van der Waals surface area (Å²) in [5.74, 6) is 0.761. The minimum absolute atomic E-state index is 0.00925. The molecule has 0 unspecified atom stereocenters. The first-order chi connectivity index (χ1) is 16.1. The van der Waals surface area contributed by atoms with Gasteiger partial charge in [0.15, 0.2) is 0 Å². The lowest BCUT2D eigenvalue weighted by Gasteiger charge is -2.40. The molecule has 33 heavy (non-hydrogen) atoms. The van der Waals surface area contributed by atoms with Gasteiger partial charge < -0.3 is 14.5 Å². The van der Waals surface area contributed by atoms with Crippen molar-refractivity contribution in [2.24, 2.45) is 0 Å². The number of nitrogens with zero attached hydrogens (tertiary/aromatic N) is 3. The molecule has 2 aromatic carbocycles. The van der Waals surface area contributed by atoms with Crippen LogP contribution >= 0.6 is 0 Å². The molecule has 0 spiro atoms. The molecular weight excluding hydrogens is 414 g/mol. The second kappa shape index (κ2) is 10.3. The van der Waals surface area contributed by atoms with Crippen molar-refractivity contribution < 1.29 is 14.3 Å². The number of rotatable bonds is 7. The number of amides is 2. The van der Waals surface area contributed by atoms with Gasteiger partial charge in [-0.1, -0.05) is 42.5 Å². The van der Waals surface area contributed by atoms with Crippen LogP contribution in [-0.4, -0.2) is 59.4 Å². The van der Waals surface area contributed by atoms with E-state index in [-0.39, 0.29) is 18.2 Å². The molecule has 170 valence electrons. The molecule has 0 N–H and O–H groups in total. The van der Waals surface area contributed by atoms with Crippen molar-refractivity contribution in [3.8, 4) is 16.9 Å². The van der Waals surface area contributed by atoms with Crippen LogP contribution in [0.5, 0.6) is 5.75 Å². The second-order valence-corrected chi connectivity index (χ2v) is 8.15. The van der Waals surface area contributed by atoms with Crippen LogP contribution in [0.1, 0.15) is 18.2 Å². The maximum atomic E-state index is 13.2. The average Bonchev–Trinajstić information content (AvgIpc) is 2.86. The summed E-state index contributed by atoms with van der Waals surface area (Å²) in [5, 5.41) is 0. The zero-order valence-corrected chi connectivity index (χ0v) is 19.1. The van der Waals surface area contributed by atoms with Gasteiger partial charge in [0.1, 0.15) is 11.8 Å². The molecule has 1 aliphatic rings. The minimum atomic E-state index is -0.502. The van der Waals surface area contributed by atoms with E-state index in [2.05, 4.69) is 17.1 Å². The van der Waals surface area contributed by atoms with Crippen molar-refractivity contribution in [1.82, 2.24) is 14.8 Å². The van der Waals surface area contributed by atoms with E-state index in [1.807, 2.05) is 66.4 Å². The molecule has 2 heterocycles. The van der Waals surface area contributed by atoms with Crippen molar-refractivity contribution in [1.29, 1.82) is 0 Å². The molecule has 1 saturated heterocycles. The highest BCUT2D eigenvalue weighted by Gasteiger charge is 2.36. The normalized spacial score (nSPS) is 16.1. The molecule has 3 aromatic rings. The SMILES string of the molecule is CCN1CCN(C(=O)Cc2ccccn2)[C@H](Cc2ccc(-c3cccc(OC)c3)cc2)C1=O. The van der Waals surface area contributed by atoms with Crippen molar-refractivity contribution in [3.05, 3.63) is 84.2 Å². The fraction of sp³-hybridized carbons (Fsp3) is 0.296. The van der Waals surface area contributed by atoms with Gasteiger partial charge in [-0.2, -0.15) is 0 Å². The number of benzene rings is 2. The Morgan fingerprint density at radius 3 is 2.55 bits per heavy atom. The Morgan fingerprint density at radius 1 is 1.03 bits per heavy atom. The smallest absolute Gasteiger partial charge is 0.245 e. The van der Waals surface area contributed by atoms with Gasteiger partial charge in [0, 0.05) is 37.9 Å². The Balaban J connectivity index is 1.53. The summed E-state index contributed by atoms with van der Waals surface area (Å²) < 4.78 is 5.33. The first-order valence-electron chi connectivity index (χ1n) is 11.3. The topological polar surface area (TPSA) is 62.7 Å². The average molecular weight is 444 g/mol. The number of hydrogen-bond donors (Lipinski definition) is 0. The Kier molecular flexibility index (Phi) is 7.03. The van der Waals surface area contributed by atoms with Gasteiger partial charge in [-0.05, 0) is 47.9 Å². The predicted octanol–water partition coefficient (Wildman–Crippen LogP) is 3.60. The van der Waals surface area contributed by atoms with E-state index >= 15 is 0 Å². The highest BCUT2D eigenvalue weighted by molar-refractivity contribution is 5.89. The number of piperazine rings is 1. The van der Waals surface area contributed by atoms with E-state index in [0.717, 1.165) is 22.4 Å². The zero-order chi connectivity index (χ0) is 23.2. The van der Waals surface area contributed by atoms with Crippen LogP contribution in [-0.2, 0) is 22.4 Å². The summed E-state index contributed by atoms with van der Waals surface area (Å²) in [5.41, 5.74) is 3.88. The van der Waals surface area contributed by atoms with E-state index in [4.69, 9.17) is 4.74 Å². The lowest BCUT2D eigenvalue weighted by Crippen LogP contribution is -2.59. The molecule has 2 amide bonds. The van der Waals surface area contributed by atoms with Gasteiger partial charge >= 0.3 is 0 Å². The van der Waals surface area contributed by atoms with Crippen molar-refractivity contribution >= 4 is 11.8 Å². The summed E-state index contributed by atoms with van der Waals surface area (Å²) in [4.78, 5) is 34.1. The second-order valence-electron chi connectivity index (χ2n) is 8.15. The fourth-order valence-electron chi connectivity index (χ4n) is 4.27. The third-order valence-corrected chi connectivity index (χ3v) is 6.13. The lowest BCUT2D eigenvalue weighted by molar-refractivity contribution is -0.150. The molecule has 0 bridgehead atoms. The third-order valence-electron chi connectivity index (χ3n) is 6.13. The highest BCUT2D eigenvalue weighted by Crippen LogP contribution is 2.25. The first kappa shape index (κ1) is 22.5. The molecule has 0 aliphatic carbocycles. The van der Waals surface area contributed by atoms with Crippen LogP contribution in [0.15, 0.2) is 72.9 Å². The van der Waals surface area contributed by atoms with Gasteiger partial charge in [0.2, 0.25) is 11.8 Å². The van der Waals surface area contributed by atoms with Crippen molar-refractivity contribution in [3.63, 3.8) is 0 Å². The first-order valence-corrected chi connectivity index (χ1v) is 11.3. The summed E-state index contributed by atoms with van der Waals surface area (Å²) in [6.07, 6.45) is 2.37. The number of methoxy groups -OCH3 is 1. The monoisotopic (exact) mass is 443 g/mol. The standard InChI is InChI=1S/C27H29N3O3/c1-3-29-15-16-30(26(31)19-23-8-4-5-14-28-23)25(27(29)32)17-20-10-12-21(13-11-20)22-7-6-9-24(18-22)33-2/h4-14,18,25H,3,15-17,19H2,1-2H3/t25-/m1/s1. The molecular formula is C27H29N3O3. The fourth-order valence-corrected chi connectivity index (χ4v) is 4.27. The van der Waals surface area contributed by atoms with E-state index in [9.17, 15) is 9.59 Å². The minimum Gasteiger partial charge on any atom is -0.497 e. The van der Waals surface area contributed by atoms with Crippen LogP contribution in [0.2, 0.25) is 0 Å². The van der Waals surface area contributed by atoms with Crippen LogP contribution in [0.25, 0.3) is 11.1 Å². The van der Waals surface area contributed by atoms with Crippen LogP contribution in [0.4, 0.5) is 0 Å². The summed E-state index contributed by atoms with van der Waals surface area (Å²) >= 11 is 0. The number of likely N-dealkylation sites (N-methyl/N-ethyl adjacent to an activating group) is 1. The number of carbonyl (C=O) groups is 2. The Labute approximate surface area is 194 Å². The van der Waals surface area contributed by atoms with Crippen LogP contribution in [0.3, 0.4) is 0 Å². The van der Waals surface area contributed by atoms with Gasteiger partial charge in [-0.25, -0.2) is 0 Å². The lowest BCUT2D eigenvalue weighted by atomic mass is 9.97. The zero-order valence-electron chi connectivity index (χ0n) is 19.1. The molecule has 0 radical (unpaired) electrons. The van der Waals surface area contributed by atoms with Crippen LogP contribution < -0.4 is 4.74 Å². The number of pyridine rings is 1. The number of carbonyl (C=O) groups excluding carboxylic acids is 2. The maximum Gasteiger partial charge on any atom is 0.245 e. The summed E-state index contributed by atoms with van der Waals surface area (Å²) in [6, 6.07) is 21.1. The predicted molar refractivity (Wildman–Crippen MR) is 128 cm³/mol. The highest BCUT2D eigenvalue weighted by atomic mass is 16.5. The third kappa shape index (κ3) is 5.22. The van der Waals surface area contributed by atoms with Gasteiger partial charge in [0.25, 0.3) is 0 Å². The Bertz CT molecular complexity index is 1100. The molecule has 0 saturated carbocycles. The van der Waals surface area contributed by atoms with E-state index in [1.165, 1.54) is 0 Å². The van der Waals surface area contributed by atoms with Gasteiger partial charge in [-0.15, -0.1) is 0 Å². The molecule has 1 aromatic heterocycles. The van der Waals surface area contributed by atoms with E-state index in [0.29, 0.717) is 31.7 Å². The number of hydrogen-bond acceptors (Lipinski definition) is 4. The van der Waals surface area contributed by atoms with Gasteiger partial charge in [-0.3, -0.25) is 14.6 Å². The number of aromatic nitrogens is 1. The van der Waals surface area contributed by atoms with E-state index < -0.39 is 6.04 Å².